The zero-order valence-corrected chi connectivity index (χ0v) is 46.4. The monoisotopic (exact) mass is 953 g/mol. The van der Waals surface area contributed by atoms with E-state index in [1.165, 1.54) is 186 Å². The number of hydrogen-bond donors (Lipinski definition) is 0. The van der Waals surface area contributed by atoms with E-state index in [0.29, 0.717) is 12.8 Å². The maximum Gasteiger partial charge on any atom is 1.00 e. The van der Waals surface area contributed by atoms with Crippen LogP contribution < -0.4 is 51.4 Å². The fourth-order valence-corrected chi connectivity index (χ4v) is 8.83. The van der Waals surface area contributed by atoms with E-state index in [1.807, 2.05) is 0 Å². The van der Waals surface area contributed by atoms with E-state index in [-0.39, 0.29) is 75.7 Å². The molecule has 7 nitrogen and oxygen atoms in total. The number of rotatable bonds is 47. The van der Waals surface area contributed by atoms with Crippen LogP contribution in [-0.2, 0) is 19.6 Å². The van der Waals surface area contributed by atoms with Crippen LogP contribution in [0.1, 0.15) is 291 Å². The molecule has 1 aromatic rings. The molecule has 9 heteroatoms. The van der Waals surface area contributed by atoms with Crippen molar-refractivity contribution in [2.45, 2.75) is 276 Å². The molecule has 0 saturated heterocycles. The van der Waals surface area contributed by atoms with Crippen molar-refractivity contribution in [3.8, 4) is 0 Å². The number of benzene rings is 1. The van der Waals surface area contributed by atoms with Gasteiger partial charge < -0.3 is 14.0 Å². The number of unbranched alkanes of at least 4 members (excludes halogenated alkanes) is 36. The van der Waals surface area contributed by atoms with Gasteiger partial charge in [-0.1, -0.05) is 231 Å². The fraction of sp³-hybridized carbons (Fsp3) is 0.786. The number of carbonyl (C=O) groups is 2. The summed E-state index contributed by atoms with van der Waals surface area (Å²) in [6, 6.07) is 3.14. The van der Waals surface area contributed by atoms with Crippen molar-refractivity contribution in [3.63, 3.8) is 0 Å². The molecular formula is C56H97KO7S. The van der Waals surface area contributed by atoms with Gasteiger partial charge in [0.05, 0.1) is 29.2 Å². The van der Waals surface area contributed by atoms with Crippen LogP contribution in [0.5, 0.6) is 0 Å². The molecule has 0 amide bonds. The summed E-state index contributed by atoms with van der Waals surface area (Å²) >= 11 is 0. The summed E-state index contributed by atoms with van der Waals surface area (Å²) in [5, 5.41) is 0. The van der Waals surface area contributed by atoms with Crippen LogP contribution in [0.4, 0.5) is 0 Å². The molecular weight excluding hydrogens is 856 g/mol. The first-order chi connectivity index (χ1) is 31.3. The minimum absolute atomic E-state index is 0. The van der Waals surface area contributed by atoms with Gasteiger partial charge in [-0.05, 0) is 82.4 Å². The van der Waals surface area contributed by atoms with E-state index in [2.05, 4.69) is 38.2 Å². The van der Waals surface area contributed by atoms with Gasteiger partial charge in [-0.2, -0.15) is 0 Å². The van der Waals surface area contributed by atoms with Crippen LogP contribution in [0.25, 0.3) is 0 Å². The van der Waals surface area contributed by atoms with Crippen molar-refractivity contribution >= 4 is 22.1 Å². The Balaban J connectivity index is 0.0000410. The van der Waals surface area contributed by atoms with E-state index in [4.69, 9.17) is 9.47 Å². The van der Waals surface area contributed by atoms with E-state index in [1.54, 1.807) is 0 Å². The zero-order valence-electron chi connectivity index (χ0n) is 42.5. The standard InChI is InChI=1S/C56H98O7S.K/c1-3-5-7-9-11-13-15-17-19-21-23-25-27-29-31-33-35-37-39-41-43-45-49-62-55(57)53-48-47-52(64(59,60)61)51-54(53)56(58)63-50-46-44-42-40-38-36-34-32-30-28-26-24-22-20-18-16-14-12-10-8-6-4-2;/h33-36,47-48,51H,3-32,37-46,49-50H2,1-2H3,(H,59,60,61);/q;+1/p-1/b35-33+,36-34+;. The summed E-state index contributed by atoms with van der Waals surface area (Å²) in [5.41, 5.74) is -0.353. The van der Waals surface area contributed by atoms with Gasteiger partial charge in [0.15, 0.2) is 0 Å². The van der Waals surface area contributed by atoms with Crippen molar-refractivity contribution in [2.24, 2.45) is 0 Å². The first kappa shape index (κ1) is 64.2. The van der Waals surface area contributed by atoms with Gasteiger partial charge >= 0.3 is 63.3 Å². The molecule has 1 rings (SSSR count). The number of hydrogen-bond acceptors (Lipinski definition) is 7. The largest absolute Gasteiger partial charge is 1.00 e. The summed E-state index contributed by atoms with van der Waals surface area (Å²) in [7, 11) is -4.83. The van der Waals surface area contributed by atoms with Crippen molar-refractivity contribution in [3.05, 3.63) is 53.6 Å². The molecule has 0 aliphatic rings. The van der Waals surface area contributed by atoms with E-state index >= 15 is 0 Å². The number of allylic oxidation sites excluding steroid dienone is 4. The maximum atomic E-state index is 13.0. The molecule has 0 aliphatic heterocycles. The minimum atomic E-state index is -4.83. The second-order valence-electron chi connectivity index (χ2n) is 18.6. The predicted octanol–water partition coefficient (Wildman–Crippen LogP) is 14.7. The van der Waals surface area contributed by atoms with Crippen LogP contribution >= 0.6 is 0 Å². The third kappa shape index (κ3) is 40.8. The molecule has 0 atom stereocenters. The van der Waals surface area contributed by atoms with Gasteiger partial charge in [-0.15, -0.1) is 0 Å². The van der Waals surface area contributed by atoms with E-state index in [9.17, 15) is 22.6 Å². The average molecular weight is 954 g/mol. The van der Waals surface area contributed by atoms with Gasteiger partial charge in [-0.3, -0.25) is 0 Å². The summed E-state index contributed by atoms with van der Waals surface area (Å²) in [4.78, 5) is 25.4. The maximum absolute atomic E-state index is 13.0. The molecule has 1 aromatic carbocycles. The van der Waals surface area contributed by atoms with Gasteiger partial charge in [0.2, 0.25) is 0 Å². The van der Waals surface area contributed by atoms with E-state index < -0.39 is 27.0 Å². The quantitative estimate of drug-likeness (QED) is 0.0210. The third-order valence-electron chi connectivity index (χ3n) is 12.5. The van der Waals surface area contributed by atoms with E-state index in [0.717, 1.165) is 76.3 Å². The Kier molecular flexibility index (Phi) is 47.6. The predicted molar refractivity (Wildman–Crippen MR) is 269 cm³/mol. The zero-order chi connectivity index (χ0) is 46.4. The molecule has 0 unspecified atom stereocenters. The second-order valence-corrected chi connectivity index (χ2v) is 19.9. The van der Waals surface area contributed by atoms with Crippen LogP contribution in [0.2, 0.25) is 0 Å². The Morgan fingerprint density at radius 1 is 0.415 bits per heavy atom. The van der Waals surface area contributed by atoms with Gasteiger partial charge in [-0.25, -0.2) is 18.0 Å². The normalized spacial score (nSPS) is 11.7. The average Bonchev–Trinajstić information content (AvgIpc) is 3.28. The summed E-state index contributed by atoms with van der Waals surface area (Å²) in [6.45, 7) is 4.89. The van der Waals surface area contributed by atoms with Crippen molar-refractivity contribution < 1.29 is 83.4 Å². The Morgan fingerprint density at radius 3 is 0.969 bits per heavy atom. The Hall–Kier alpha value is -0.814. The Labute approximate surface area is 443 Å². The molecule has 0 heterocycles. The summed E-state index contributed by atoms with van der Waals surface area (Å²) < 4.78 is 46.0. The van der Waals surface area contributed by atoms with Crippen LogP contribution in [-0.4, -0.2) is 38.1 Å². The second kappa shape index (κ2) is 48.2. The SMILES string of the molecule is CCCCCCCCCCCCCCCC/C=C/CCCCCCOC(=O)c1ccc(S(=O)(=O)[O-])cc1C(=O)OCCCCCC/C=C/CCCCCCCCCCCCCCCC.[K+]. The fourth-order valence-electron chi connectivity index (χ4n) is 8.33. The van der Waals surface area contributed by atoms with Gasteiger partial charge in [0, 0.05) is 0 Å². The smallest absolute Gasteiger partial charge is 0.744 e. The van der Waals surface area contributed by atoms with Gasteiger partial charge in [0.25, 0.3) is 0 Å². The first-order valence-corrected chi connectivity index (χ1v) is 28.5. The molecule has 0 bridgehead atoms. The number of ether oxygens (including phenoxy) is 2. The van der Waals surface area contributed by atoms with Crippen molar-refractivity contribution in [1.29, 1.82) is 0 Å². The van der Waals surface area contributed by atoms with Gasteiger partial charge in [0.1, 0.15) is 10.1 Å². The topological polar surface area (TPSA) is 110 Å². The molecule has 0 radical (unpaired) electrons. The third-order valence-corrected chi connectivity index (χ3v) is 13.3. The molecule has 0 N–H and O–H groups in total. The summed E-state index contributed by atoms with van der Waals surface area (Å²) in [6.07, 6.45) is 59.6. The number of carbonyl (C=O) groups excluding carboxylic acids is 2. The first-order valence-electron chi connectivity index (χ1n) is 27.0. The molecule has 0 saturated carbocycles. The molecule has 0 aromatic heterocycles. The van der Waals surface area contributed by atoms with Crippen molar-refractivity contribution in [1.82, 2.24) is 0 Å². The molecule has 0 aliphatic carbocycles. The van der Waals surface area contributed by atoms with Crippen molar-refractivity contribution in [2.75, 3.05) is 13.2 Å². The van der Waals surface area contributed by atoms with Crippen LogP contribution in [0, 0.1) is 0 Å². The minimum Gasteiger partial charge on any atom is -0.744 e. The number of esters is 2. The van der Waals surface area contributed by atoms with Crippen LogP contribution in [0.3, 0.4) is 0 Å². The van der Waals surface area contributed by atoms with Crippen LogP contribution in [0.15, 0.2) is 47.4 Å². The molecule has 0 spiro atoms. The molecule has 65 heavy (non-hydrogen) atoms. The Bertz CT molecular complexity index is 1410. The molecule has 0 fully saturated rings. The molecule has 370 valence electrons. The Morgan fingerprint density at radius 2 is 0.677 bits per heavy atom. The summed E-state index contributed by atoms with van der Waals surface area (Å²) in [5.74, 6) is -1.56.